The van der Waals surface area contributed by atoms with Gasteiger partial charge < -0.3 is 5.84 Å². The summed E-state index contributed by atoms with van der Waals surface area (Å²) in [6.45, 7) is 6.47. The third kappa shape index (κ3) is 2.85. The zero-order chi connectivity index (χ0) is 7.98. The molecule has 0 saturated carbocycles. The molecule has 0 aliphatic heterocycles. The number of hydrogen-bond acceptors (Lipinski definition) is 2. The van der Waals surface area contributed by atoms with Gasteiger partial charge in [0.1, 0.15) is 0 Å². The fraction of sp³-hybridized carbons (Fsp3) is 0.875. The van der Waals surface area contributed by atoms with E-state index in [-0.39, 0.29) is 0 Å². The van der Waals surface area contributed by atoms with Crippen LogP contribution in [0.3, 0.4) is 0 Å². The van der Waals surface area contributed by atoms with Gasteiger partial charge in [-0.15, -0.1) is 0 Å². The maximum absolute atomic E-state index is 5.22. The largest absolute Gasteiger partial charge is 0.323 e. The summed E-state index contributed by atoms with van der Waals surface area (Å²) >= 11 is 0. The second kappa shape index (κ2) is 5.27. The van der Waals surface area contributed by atoms with Gasteiger partial charge >= 0.3 is 0 Å². The van der Waals surface area contributed by atoms with Crippen LogP contribution in [0.2, 0.25) is 0 Å². The third-order valence-electron chi connectivity index (χ3n) is 1.85. The lowest BCUT2D eigenvalue weighted by molar-refractivity contribution is 0.711. The van der Waals surface area contributed by atoms with E-state index < -0.39 is 0 Å². The van der Waals surface area contributed by atoms with Gasteiger partial charge in [0.15, 0.2) is 0 Å². The lowest BCUT2D eigenvalue weighted by Crippen LogP contribution is -2.11. The molecule has 0 saturated heterocycles. The summed E-state index contributed by atoms with van der Waals surface area (Å²) in [6, 6.07) is 0. The number of rotatable bonds is 4. The molecular weight excluding hydrogens is 124 g/mol. The molecule has 1 atom stereocenters. The van der Waals surface area contributed by atoms with Crippen molar-refractivity contribution in [3.63, 3.8) is 0 Å². The molecule has 0 heterocycles. The summed E-state index contributed by atoms with van der Waals surface area (Å²) in [5.74, 6) is 5.78. The lowest BCUT2D eigenvalue weighted by atomic mass is 9.99. The van der Waals surface area contributed by atoms with Crippen molar-refractivity contribution in [1.29, 1.82) is 0 Å². The van der Waals surface area contributed by atoms with Crippen LogP contribution in [0.1, 0.15) is 40.0 Å². The van der Waals surface area contributed by atoms with Gasteiger partial charge in [0.25, 0.3) is 0 Å². The van der Waals surface area contributed by atoms with E-state index in [1.807, 2.05) is 0 Å². The van der Waals surface area contributed by atoms with E-state index in [9.17, 15) is 0 Å². The molecule has 0 fully saturated rings. The molecule has 2 nitrogen and oxygen atoms in total. The van der Waals surface area contributed by atoms with Crippen LogP contribution in [0.25, 0.3) is 0 Å². The average Bonchev–Trinajstić information content (AvgIpc) is 1.99. The van der Waals surface area contributed by atoms with Gasteiger partial charge in [-0.3, -0.25) is 0 Å². The van der Waals surface area contributed by atoms with Gasteiger partial charge in [-0.05, 0) is 18.8 Å². The molecule has 10 heavy (non-hydrogen) atoms. The average molecular weight is 142 g/mol. The smallest absolute Gasteiger partial charge is 0.0403 e. The molecule has 60 valence electrons. The Morgan fingerprint density at radius 2 is 2.10 bits per heavy atom. The highest BCUT2D eigenvalue weighted by Crippen LogP contribution is 2.07. The summed E-state index contributed by atoms with van der Waals surface area (Å²) in [5, 5.41) is 3.77. The lowest BCUT2D eigenvalue weighted by Gasteiger charge is -2.09. The maximum atomic E-state index is 5.22. The monoisotopic (exact) mass is 142 g/mol. The van der Waals surface area contributed by atoms with Crippen molar-refractivity contribution in [2.45, 2.75) is 40.0 Å². The van der Waals surface area contributed by atoms with E-state index in [1.165, 1.54) is 0 Å². The molecule has 0 rings (SSSR count). The van der Waals surface area contributed by atoms with E-state index in [0.29, 0.717) is 5.92 Å². The minimum atomic E-state index is 0.560. The number of nitrogens with zero attached hydrogens (tertiary/aromatic N) is 1. The first-order valence-electron chi connectivity index (χ1n) is 4.02. The quantitative estimate of drug-likeness (QED) is 0.364. The number of nitrogens with two attached hydrogens (primary N) is 1. The van der Waals surface area contributed by atoms with Crippen molar-refractivity contribution in [1.82, 2.24) is 0 Å². The van der Waals surface area contributed by atoms with Crippen LogP contribution in [0, 0.1) is 5.92 Å². The zero-order valence-corrected chi connectivity index (χ0v) is 7.22. The fourth-order valence-electron chi connectivity index (χ4n) is 0.930. The summed E-state index contributed by atoms with van der Waals surface area (Å²) in [7, 11) is 0. The van der Waals surface area contributed by atoms with Crippen LogP contribution < -0.4 is 5.84 Å². The Bertz CT molecular complexity index is 108. The van der Waals surface area contributed by atoms with E-state index in [4.69, 9.17) is 5.84 Å². The molecule has 0 bridgehead atoms. The van der Waals surface area contributed by atoms with Crippen molar-refractivity contribution in [3.8, 4) is 0 Å². The van der Waals surface area contributed by atoms with E-state index in [0.717, 1.165) is 25.0 Å². The molecule has 0 aliphatic carbocycles. The summed E-state index contributed by atoms with van der Waals surface area (Å²) in [4.78, 5) is 0. The van der Waals surface area contributed by atoms with Gasteiger partial charge in [0, 0.05) is 5.71 Å². The van der Waals surface area contributed by atoms with Crippen molar-refractivity contribution in [2.75, 3.05) is 0 Å². The van der Waals surface area contributed by atoms with Gasteiger partial charge in [0.05, 0.1) is 0 Å². The fourth-order valence-corrected chi connectivity index (χ4v) is 0.930. The van der Waals surface area contributed by atoms with Crippen LogP contribution in [-0.2, 0) is 0 Å². The molecule has 2 N–H and O–H groups in total. The van der Waals surface area contributed by atoms with Crippen LogP contribution in [-0.4, -0.2) is 5.71 Å². The molecule has 2 heteroatoms. The molecule has 0 spiro atoms. The normalized spacial score (nSPS) is 15.3. The molecule has 0 aromatic heterocycles. The van der Waals surface area contributed by atoms with Gasteiger partial charge in [-0.2, -0.15) is 5.10 Å². The zero-order valence-electron chi connectivity index (χ0n) is 7.22. The van der Waals surface area contributed by atoms with Crippen molar-refractivity contribution in [2.24, 2.45) is 16.9 Å². The molecular formula is C8H18N2. The molecule has 0 radical (unpaired) electrons. The second-order valence-electron chi connectivity index (χ2n) is 2.68. The SMILES string of the molecule is CCC/C(=N/N)C(C)CC. The van der Waals surface area contributed by atoms with Crippen LogP contribution in [0.5, 0.6) is 0 Å². The first-order chi connectivity index (χ1) is 4.76. The highest BCUT2D eigenvalue weighted by atomic mass is 15.1. The Labute approximate surface area is 63.5 Å². The molecule has 0 aromatic rings. The highest BCUT2D eigenvalue weighted by molar-refractivity contribution is 5.86. The Kier molecular flexibility index (Phi) is 4.99. The van der Waals surface area contributed by atoms with E-state index >= 15 is 0 Å². The van der Waals surface area contributed by atoms with Gasteiger partial charge in [-0.1, -0.05) is 27.2 Å². The minimum absolute atomic E-state index is 0.560. The Morgan fingerprint density at radius 1 is 1.50 bits per heavy atom. The van der Waals surface area contributed by atoms with Crippen molar-refractivity contribution in [3.05, 3.63) is 0 Å². The minimum Gasteiger partial charge on any atom is -0.323 e. The summed E-state index contributed by atoms with van der Waals surface area (Å²) in [6.07, 6.45) is 3.32. The van der Waals surface area contributed by atoms with Gasteiger partial charge in [0.2, 0.25) is 0 Å². The van der Waals surface area contributed by atoms with Crippen molar-refractivity contribution < 1.29 is 0 Å². The standard InChI is InChI=1S/C8H18N2/c1-4-6-8(10-9)7(3)5-2/h7H,4-6,9H2,1-3H3/b10-8-. The molecule has 0 aliphatic rings. The molecule has 0 amide bonds. The number of hydrogen-bond donors (Lipinski definition) is 1. The Hall–Kier alpha value is -0.530. The first-order valence-corrected chi connectivity index (χ1v) is 4.02. The van der Waals surface area contributed by atoms with E-state index in [2.05, 4.69) is 25.9 Å². The second-order valence-corrected chi connectivity index (χ2v) is 2.68. The number of hydrazone groups is 1. The van der Waals surface area contributed by atoms with Crippen LogP contribution >= 0.6 is 0 Å². The van der Waals surface area contributed by atoms with Crippen LogP contribution in [0.4, 0.5) is 0 Å². The molecule has 0 aromatic carbocycles. The molecule has 1 unspecified atom stereocenters. The Morgan fingerprint density at radius 3 is 2.40 bits per heavy atom. The summed E-state index contributed by atoms with van der Waals surface area (Å²) in [5.41, 5.74) is 1.16. The van der Waals surface area contributed by atoms with Crippen LogP contribution in [0.15, 0.2) is 5.10 Å². The predicted octanol–water partition coefficient (Wildman–Crippen LogP) is 2.15. The third-order valence-corrected chi connectivity index (χ3v) is 1.85. The summed E-state index contributed by atoms with van der Waals surface area (Å²) < 4.78 is 0. The first kappa shape index (κ1) is 9.47. The van der Waals surface area contributed by atoms with E-state index in [1.54, 1.807) is 0 Å². The van der Waals surface area contributed by atoms with Gasteiger partial charge in [-0.25, -0.2) is 0 Å². The predicted molar refractivity (Wildman–Crippen MR) is 46.0 cm³/mol. The maximum Gasteiger partial charge on any atom is 0.0403 e. The highest BCUT2D eigenvalue weighted by Gasteiger charge is 2.05. The Balaban J connectivity index is 3.82. The van der Waals surface area contributed by atoms with Crippen molar-refractivity contribution >= 4 is 5.71 Å². The topological polar surface area (TPSA) is 38.4 Å².